The highest BCUT2D eigenvalue weighted by Gasteiger charge is 2.20. The van der Waals surface area contributed by atoms with E-state index in [-0.39, 0.29) is 0 Å². The summed E-state index contributed by atoms with van der Waals surface area (Å²) in [6, 6.07) is 11.0. The summed E-state index contributed by atoms with van der Waals surface area (Å²) in [4.78, 5) is 2.43. The highest BCUT2D eigenvalue weighted by molar-refractivity contribution is 9.10. The molecule has 0 radical (unpaired) electrons. The van der Waals surface area contributed by atoms with Gasteiger partial charge in [0.25, 0.3) is 0 Å². The summed E-state index contributed by atoms with van der Waals surface area (Å²) in [5.74, 6) is 0. The van der Waals surface area contributed by atoms with Crippen molar-refractivity contribution in [3.05, 3.63) is 51.5 Å². The van der Waals surface area contributed by atoms with Gasteiger partial charge in [-0.15, -0.1) is 0 Å². The van der Waals surface area contributed by atoms with Crippen LogP contribution in [-0.2, 0) is 0 Å². The number of nitrogens with one attached hydrogen (secondary N) is 1. The number of nitrogens with zero attached hydrogens (tertiary/aromatic N) is 1. The quantitative estimate of drug-likeness (QED) is 0.796. The largest absolute Gasteiger partial charge is 0.382 e. The van der Waals surface area contributed by atoms with Crippen LogP contribution in [0.25, 0.3) is 0 Å². The van der Waals surface area contributed by atoms with Gasteiger partial charge in [-0.05, 0) is 50.1 Å². The molecule has 1 N–H and O–H groups in total. The SMILES string of the molecule is Cc1cc(C)c(N2CCNc3cc(Br)ccc32)c(C)c1. The Balaban J connectivity index is 2.14. The van der Waals surface area contributed by atoms with Gasteiger partial charge in [-0.3, -0.25) is 0 Å². The molecule has 1 aliphatic rings. The summed E-state index contributed by atoms with van der Waals surface area (Å²) >= 11 is 3.55. The number of halogens is 1. The predicted molar refractivity (Wildman–Crippen MR) is 90.3 cm³/mol. The van der Waals surface area contributed by atoms with Gasteiger partial charge in [0.2, 0.25) is 0 Å². The van der Waals surface area contributed by atoms with Crippen molar-refractivity contribution in [2.75, 3.05) is 23.3 Å². The third-order valence-electron chi connectivity index (χ3n) is 3.81. The van der Waals surface area contributed by atoms with E-state index in [1.807, 2.05) is 0 Å². The van der Waals surface area contributed by atoms with E-state index >= 15 is 0 Å². The topological polar surface area (TPSA) is 15.3 Å². The van der Waals surface area contributed by atoms with Crippen molar-refractivity contribution in [1.82, 2.24) is 0 Å². The third-order valence-corrected chi connectivity index (χ3v) is 4.30. The number of rotatable bonds is 1. The van der Waals surface area contributed by atoms with Crippen molar-refractivity contribution in [1.29, 1.82) is 0 Å². The van der Waals surface area contributed by atoms with Gasteiger partial charge < -0.3 is 10.2 Å². The summed E-state index contributed by atoms with van der Waals surface area (Å²) in [6.45, 7) is 8.54. The maximum absolute atomic E-state index is 3.55. The molecule has 2 nitrogen and oxygen atoms in total. The Morgan fingerprint density at radius 1 is 1.05 bits per heavy atom. The molecule has 0 unspecified atom stereocenters. The fourth-order valence-corrected chi connectivity index (χ4v) is 3.50. The summed E-state index contributed by atoms with van der Waals surface area (Å²) in [5.41, 5.74) is 7.83. The standard InChI is InChI=1S/C17H19BrN2/c1-11-8-12(2)17(13(3)9-11)20-7-6-19-15-10-14(18)4-5-16(15)20/h4-5,8-10,19H,6-7H2,1-3H3. The first kappa shape index (κ1) is 13.5. The molecule has 1 aliphatic heterocycles. The molecule has 0 spiro atoms. The summed E-state index contributed by atoms with van der Waals surface area (Å²) in [5, 5.41) is 3.48. The zero-order chi connectivity index (χ0) is 14.3. The van der Waals surface area contributed by atoms with Crippen LogP contribution in [0.1, 0.15) is 16.7 Å². The molecule has 0 bridgehead atoms. The van der Waals surface area contributed by atoms with Crippen molar-refractivity contribution in [3.63, 3.8) is 0 Å². The zero-order valence-electron chi connectivity index (χ0n) is 12.1. The summed E-state index contributed by atoms with van der Waals surface area (Å²) in [7, 11) is 0. The Kier molecular flexibility index (Phi) is 3.47. The smallest absolute Gasteiger partial charge is 0.0648 e. The molecule has 20 heavy (non-hydrogen) atoms. The van der Waals surface area contributed by atoms with Gasteiger partial charge in [-0.1, -0.05) is 33.6 Å². The number of hydrogen-bond acceptors (Lipinski definition) is 2. The first-order chi connectivity index (χ1) is 9.56. The molecule has 0 atom stereocenters. The molecule has 0 amide bonds. The van der Waals surface area contributed by atoms with Crippen LogP contribution in [0.5, 0.6) is 0 Å². The van der Waals surface area contributed by atoms with Crippen LogP contribution >= 0.6 is 15.9 Å². The predicted octanol–water partition coefficient (Wildman–Crippen LogP) is 4.94. The van der Waals surface area contributed by atoms with Crippen LogP contribution in [0.3, 0.4) is 0 Å². The summed E-state index contributed by atoms with van der Waals surface area (Å²) in [6.07, 6.45) is 0. The van der Waals surface area contributed by atoms with Gasteiger partial charge in [0.05, 0.1) is 11.4 Å². The lowest BCUT2D eigenvalue weighted by atomic mass is 10.0. The lowest BCUT2D eigenvalue weighted by molar-refractivity contribution is 0.917. The number of fused-ring (bicyclic) bond motifs is 1. The second-order valence-electron chi connectivity index (χ2n) is 5.49. The Bertz CT molecular complexity index is 641. The van der Waals surface area contributed by atoms with E-state index < -0.39 is 0 Å². The normalized spacial score (nSPS) is 13.9. The number of hydrogen-bond donors (Lipinski definition) is 1. The van der Waals surface area contributed by atoms with E-state index in [0.29, 0.717) is 0 Å². The molecule has 2 aromatic carbocycles. The van der Waals surface area contributed by atoms with Crippen LogP contribution in [0.4, 0.5) is 17.1 Å². The van der Waals surface area contributed by atoms with Crippen LogP contribution in [0.15, 0.2) is 34.8 Å². The minimum atomic E-state index is 0.968. The fourth-order valence-electron chi connectivity index (χ4n) is 3.14. The van der Waals surface area contributed by atoms with E-state index in [1.54, 1.807) is 0 Å². The summed E-state index contributed by atoms with van der Waals surface area (Å²) < 4.78 is 1.11. The number of aryl methyl sites for hydroxylation is 3. The van der Waals surface area contributed by atoms with Crippen molar-refractivity contribution in [2.24, 2.45) is 0 Å². The molecular weight excluding hydrogens is 312 g/mol. The van der Waals surface area contributed by atoms with E-state index in [9.17, 15) is 0 Å². The zero-order valence-corrected chi connectivity index (χ0v) is 13.7. The molecule has 0 fully saturated rings. The molecule has 0 aromatic heterocycles. The van der Waals surface area contributed by atoms with Crippen molar-refractivity contribution in [3.8, 4) is 0 Å². The monoisotopic (exact) mass is 330 g/mol. The molecule has 0 saturated carbocycles. The molecule has 3 heteroatoms. The first-order valence-electron chi connectivity index (χ1n) is 6.95. The van der Waals surface area contributed by atoms with Crippen LogP contribution in [-0.4, -0.2) is 13.1 Å². The maximum atomic E-state index is 3.55. The minimum absolute atomic E-state index is 0.968. The fraction of sp³-hybridized carbons (Fsp3) is 0.294. The van der Waals surface area contributed by atoms with Crippen molar-refractivity contribution in [2.45, 2.75) is 20.8 Å². The highest BCUT2D eigenvalue weighted by atomic mass is 79.9. The first-order valence-corrected chi connectivity index (χ1v) is 7.74. The van der Waals surface area contributed by atoms with Gasteiger partial charge in [-0.2, -0.15) is 0 Å². The van der Waals surface area contributed by atoms with Crippen LogP contribution in [0, 0.1) is 20.8 Å². The molecule has 104 valence electrons. The van der Waals surface area contributed by atoms with Crippen molar-refractivity contribution >= 4 is 33.0 Å². The highest BCUT2D eigenvalue weighted by Crippen LogP contribution is 2.39. The van der Waals surface area contributed by atoms with E-state index in [1.165, 1.54) is 33.8 Å². The number of anilines is 3. The molecule has 2 aromatic rings. The van der Waals surface area contributed by atoms with E-state index in [4.69, 9.17) is 0 Å². The van der Waals surface area contributed by atoms with Gasteiger partial charge in [0, 0.05) is 23.2 Å². The Morgan fingerprint density at radius 3 is 2.45 bits per heavy atom. The Morgan fingerprint density at radius 2 is 1.75 bits per heavy atom. The molecule has 0 saturated heterocycles. The van der Waals surface area contributed by atoms with Gasteiger partial charge in [-0.25, -0.2) is 0 Å². The Hall–Kier alpha value is -1.48. The average Bonchev–Trinajstić information content (AvgIpc) is 2.37. The second kappa shape index (κ2) is 5.13. The Labute approximate surface area is 128 Å². The molecular formula is C17H19BrN2. The molecule has 0 aliphatic carbocycles. The van der Waals surface area contributed by atoms with Crippen LogP contribution in [0.2, 0.25) is 0 Å². The van der Waals surface area contributed by atoms with Gasteiger partial charge in [0.15, 0.2) is 0 Å². The van der Waals surface area contributed by atoms with Crippen molar-refractivity contribution < 1.29 is 0 Å². The van der Waals surface area contributed by atoms with Crippen LogP contribution < -0.4 is 10.2 Å². The minimum Gasteiger partial charge on any atom is -0.382 e. The average molecular weight is 331 g/mol. The number of benzene rings is 2. The third kappa shape index (κ3) is 2.31. The molecule has 3 rings (SSSR count). The second-order valence-corrected chi connectivity index (χ2v) is 6.40. The van der Waals surface area contributed by atoms with E-state index in [2.05, 4.69) is 77.2 Å². The van der Waals surface area contributed by atoms with Gasteiger partial charge >= 0.3 is 0 Å². The van der Waals surface area contributed by atoms with Gasteiger partial charge in [0.1, 0.15) is 0 Å². The van der Waals surface area contributed by atoms with E-state index in [0.717, 1.165) is 17.6 Å². The lowest BCUT2D eigenvalue weighted by Crippen LogP contribution is -2.31. The maximum Gasteiger partial charge on any atom is 0.0648 e. The molecule has 1 heterocycles. The lowest BCUT2D eigenvalue weighted by Gasteiger charge is -2.34.